The molecule has 1 aliphatic rings. The van der Waals surface area contributed by atoms with Crippen LogP contribution in [0.4, 0.5) is 5.69 Å². The van der Waals surface area contributed by atoms with Crippen molar-refractivity contribution in [3.8, 4) is 0 Å². The van der Waals surface area contributed by atoms with Gasteiger partial charge in [0.2, 0.25) is 5.72 Å². The van der Waals surface area contributed by atoms with Crippen molar-refractivity contribution < 1.29 is 33.3 Å². The fraction of sp³-hybridized carbons (Fsp3) is 0.636. The standard InChI is InChI=1S/C22H31N5O8/c1-11(2)19(29)32-10-22(25-26-24)17(34-21(31)13(5)6)16(33-20(30)12(3)4)18(35-22)27-8-7-14(23)9-15(27)28/h7-9,11-13,16-18H,10,23H2,1-6H3/t16-,17+,18-,22-/m1/s1. The number of nitrogens with zero attached hydrogens (tertiary/aromatic N) is 4. The Morgan fingerprint density at radius 3 is 2.20 bits per heavy atom. The van der Waals surface area contributed by atoms with E-state index < -0.39 is 72.0 Å². The van der Waals surface area contributed by atoms with E-state index in [-0.39, 0.29) is 5.69 Å². The molecule has 35 heavy (non-hydrogen) atoms. The van der Waals surface area contributed by atoms with Gasteiger partial charge in [0.15, 0.2) is 18.4 Å². The van der Waals surface area contributed by atoms with Gasteiger partial charge in [-0.3, -0.25) is 23.7 Å². The van der Waals surface area contributed by atoms with Crippen LogP contribution in [0.1, 0.15) is 47.8 Å². The molecule has 192 valence electrons. The fourth-order valence-corrected chi connectivity index (χ4v) is 3.13. The summed E-state index contributed by atoms with van der Waals surface area (Å²) in [7, 11) is 0. The van der Waals surface area contributed by atoms with Crippen molar-refractivity contribution in [1.29, 1.82) is 0 Å². The molecule has 0 amide bonds. The van der Waals surface area contributed by atoms with E-state index in [0.717, 1.165) is 10.6 Å². The maximum atomic E-state index is 12.7. The number of carbonyl (C=O) groups is 3. The van der Waals surface area contributed by atoms with Gasteiger partial charge >= 0.3 is 17.9 Å². The maximum absolute atomic E-state index is 12.7. The second-order valence-electron chi connectivity index (χ2n) is 9.08. The molecule has 4 atom stereocenters. The molecular weight excluding hydrogens is 462 g/mol. The van der Waals surface area contributed by atoms with Crippen molar-refractivity contribution in [3.63, 3.8) is 0 Å². The fourth-order valence-electron chi connectivity index (χ4n) is 3.13. The van der Waals surface area contributed by atoms with Gasteiger partial charge < -0.3 is 24.7 Å². The molecule has 0 saturated carbocycles. The topological polar surface area (TPSA) is 185 Å². The van der Waals surface area contributed by atoms with E-state index in [1.165, 1.54) is 12.3 Å². The van der Waals surface area contributed by atoms with Crippen molar-refractivity contribution in [2.24, 2.45) is 22.9 Å². The van der Waals surface area contributed by atoms with Gasteiger partial charge in [-0.2, -0.15) is 0 Å². The molecule has 1 aromatic heterocycles. The number of pyridine rings is 1. The number of aromatic nitrogens is 1. The molecule has 2 heterocycles. The molecule has 13 nitrogen and oxygen atoms in total. The van der Waals surface area contributed by atoms with Gasteiger partial charge in [0.05, 0.1) is 17.8 Å². The molecule has 2 N–H and O–H groups in total. The van der Waals surface area contributed by atoms with Gasteiger partial charge in [0.1, 0.15) is 6.61 Å². The lowest BCUT2D eigenvalue weighted by Gasteiger charge is -2.30. The Morgan fingerprint density at radius 2 is 1.69 bits per heavy atom. The Kier molecular flexibility index (Phi) is 8.88. The van der Waals surface area contributed by atoms with Gasteiger partial charge in [0.25, 0.3) is 5.56 Å². The highest BCUT2D eigenvalue weighted by molar-refractivity contribution is 5.73. The summed E-state index contributed by atoms with van der Waals surface area (Å²) >= 11 is 0. The molecule has 1 fully saturated rings. The Morgan fingerprint density at radius 1 is 1.11 bits per heavy atom. The molecule has 0 aromatic carbocycles. The minimum Gasteiger partial charge on any atom is -0.462 e. The van der Waals surface area contributed by atoms with Crippen LogP contribution in [-0.4, -0.2) is 47.0 Å². The van der Waals surface area contributed by atoms with Gasteiger partial charge in [0, 0.05) is 22.9 Å². The molecule has 0 bridgehead atoms. The van der Waals surface area contributed by atoms with E-state index in [1.807, 2.05) is 0 Å². The summed E-state index contributed by atoms with van der Waals surface area (Å²) in [4.78, 5) is 52.9. The lowest BCUT2D eigenvalue weighted by atomic mass is 10.0. The highest BCUT2D eigenvalue weighted by atomic mass is 16.7. The summed E-state index contributed by atoms with van der Waals surface area (Å²) in [6.07, 6.45) is -3.09. The summed E-state index contributed by atoms with van der Waals surface area (Å²) in [6.45, 7) is 8.84. The monoisotopic (exact) mass is 493 g/mol. The van der Waals surface area contributed by atoms with Crippen LogP contribution in [0.15, 0.2) is 28.2 Å². The van der Waals surface area contributed by atoms with E-state index in [4.69, 9.17) is 24.7 Å². The molecule has 0 unspecified atom stereocenters. The Labute approximate surface area is 202 Å². The van der Waals surface area contributed by atoms with Crippen LogP contribution in [0, 0.1) is 17.8 Å². The Hall–Kier alpha value is -3.57. The Bertz CT molecular complexity index is 1060. The smallest absolute Gasteiger partial charge is 0.308 e. The summed E-state index contributed by atoms with van der Waals surface area (Å²) in [5.41, 5.74) is 12.4. The third-order valence-electron chi connectivity index (χ3n) is 5.14. The van der Waals surface area contributed by atoms with E-state index >= 15 is 0 Å². The lowest BCUT2D eigenvalue weighted by molar-refractivity contribution is -0.182. The van der Waals surface area contributed by atoms with Crippen LogP contribution in [0.2, 0.25) is 0 Å². The second kappa shape index (κ2) is 11.2. The quantitative estimate of drug-likeness (QED) is 0.177. The average molecular weight is 494 g/mol. The molecule has 2 rings (SSSR count). The largest absolute Gasteiger partial charge is 0.462 e. The predicted molar refractivity (Wildman–Crippen MR) is 122 cm³/mol. The number of ether oxygens (including phenoxy) is 4. The first-order valence-electron chi connectivity index (χ1n) is 11.1. The first kappa shape index (κ1) is 27.7. The van der Waals surface area contributed by atoms with Crippen molar-refractivity contribution >= 4 is 23.6 Å². The average Bonchev–Trinajstić information content (AvgIpc) is 3.05. The van der Waals surface area contributed by atoms with Crippen LogP contribution in [-0.2, 0) is 33.3 Å². The van der Waals surface area contributed by atoms with Crippen LogP contribution in [0.5, 0.6) is 0 Å². The van der Waals surface area contributed by atoms with Crippen LogP contribution < -0.4 is 11.3 Å². The number of hydrogen-bond acceptors (Lipinski definition) is 10. The summed E-state index contributed by atoms with van der Waals surface area (Å²) in [5, 5.41) is 3.68. The minimum absolute atomic E-state index is 0.176. The van der Waals surface area contributed by atoms with Crippen molar-refractivity contribution in [2.45, 2.75) is 65.7 Å². The number of nitrogens with two attached hydrogens (primary N) is 1. The van der Waals surface area contributed by atoms with Gasteiger partial charge in [-0.05, 0) is 11.6 Å². The zero-order valence-electron chi connectivity index (χ0n) is 20.5. The van der Waals surface area contributed by atoms with Crippen molar-refractivity contribution in [1.82, 2.24) is 4.57 Å². The number of esters is 3. The van der Waals surface area contributed by atoms with Crippen molar-refractivity contribution in [3.05, 3.63) is 39.1 Å². The van der Waals surface area contributed by atoms with Gasteiger partial charge in [-0.25, -0.2) is 0 Å². The highest BCUT2D eigenvalue weighted by Crippen LogP contribution is 2.42. The predicted octanol–water partition coefficient (Wildman–Crippen LogP) is 2.30. The number of hydrogen-bond donors (Lipinski definition) is 1. The van der Waals surface area contributed by atoms with Crippen molar-refractivity contribution in [2.75, 3.05) is 12.3 Å². The first-order valence-corrected chi connectivity index (χ1v) is 11.1. The van der Waals surface area contributed by atoms with Crippen LogP contribution in [0.25, 0.3) is 10.4 Å². The zero-order valence-corrected chi connectivity index (χ0v) is 20.5. The maximum Gasteiger partial charge on any atom is 0.308 e. The first-order chi connectivity index (χ1) is 16.3. The lowest BCUT2D eigenvalue weighted by Crippen LogP contribution is -2.50. The Balaban J connectivity index is 2.69. The molecular formula is C22H31N5O8. The van der Waals surface area contributed by atoms with Gasteiger partial charge in [-0.1, -0.05) is 46.7 Å². The third-order valence-corrected chi connectivity index (χ3v) is 5.14. The minimum atomic E-state index is -2.14. The van der Waals surface area contributed by atoms with Gasteiger partial charge in [-0.15, -0.1) is 0 Å². The molecule has 0 spiro atoms. The molecule has 1 aromatic rings. The molecule has 13 heteroatoms. The normalized spacial score (nSPS) is 23.7. The molecule has 1 aliphatic heterocycles. The van der Waals surface area contributed by atoms with E-state index in [9.17, 15) is 24.7 Å². The SMILES string of the molecule is CC(C)C(=O)OC[C@@]1(N=[N+]=[N-])O[C@@H](n2ccc(N)cc2=O)[C@H](OC(=O)C(C)C)[C@@H]1OC(=O)C(C)C. The highest BCUT2D eigenvalue weighted by Gasteiger charge is 2.61. The zero-order chi connectivity index (χ0) is 26.5. The number of azide groups is 1. The van der Waals surface area contributed by atoms with Crippen LogP contribution >= 0.6 is 0 Å². The number of rotatable bonds is 9. The molecule has 1 saturated heterocycles. The van der Waals surface area contributed by atoms with E-state index in [0.29, 0.717) is 0 Å². The summed E-state index contributed by atoms with van der Waals surface area (Å²) < 4.78 is 23.5. The summed E-state index contributed by atoms with van der Waals surface area (Å²) in [6, 6.07) is 2.53. The van der Waals surface area contributed by atoms with E-state index in [2.05, 4.69) is 10.0 Å². The number of anilines is 1. The number of nitrogen functional groups attached to an aromatic ring is 1. The van der Waals surface area contributed by atoms with E-state index in [1.54, 1.807) is 41.5 Å². The second-order valence-corrected chi connectivity index (χ2v) is 9.08. The summed E-state index contributed by atoms with van der Waals surface area (Å²) in [5.74, 6) is -3.78. The molecule has 0 aliphatic carbocycles. The number of carbonyl (C=O) groups excluding carboxylic acids is 3. The third kappa shape index (κ3) is 6.31. The molecule has 0 radical (unpaired) electrons. The van der Waals surface area contributed by atoms with Crippen LogP contribution in [0.3, 0.4) is 0 Å².